The number of anilines is 3. The maximum Gasteiger partial charge on any atom is 0.225 e. The van der Waals surface area contributed by atoms with E-state index >= 15 is 0 Å². The first-order valence-corrected chi connectivity index (χ1v) is 9.43. The normalized spacial score (nSPS) is 11.8. The summed E-state index contributed by atoms with van der Waals surface area (Å²) < 4.78 is 1.05. The average Bonchev–Trinajstić information content (AvgIpc) is 2.64. The van der Waals surface area contributed by atoms with E-state index in [0.717, 1.165) is 39.2 Å². The minimum atomic E-state index is 0.293. The van der Waals surface area contributed by atoms with Gasteiger partial charge in [-0.3, -0.25) is 4.98 Å². The van der Waals surface area contributed by atoms with Gasteiger partial charge < -0.3 is 10.6 Å². The Morgan fingerprint density at radius 2 is 2.00 bits per heavy atom. The molecule has 0 aliphatic rings. The molecule has 0 aliphatic heterocycles. The van der Waals surface area contributed by atoms with Gasteiger partial charge in [-0.05, 0) is 56.2 Å². The molecule has 0 saturated heterocycles. The van der Waals surface area contributed by atoms with Crippen molar-refractivity contribution in [3.63, 3.8) is 0 Å². The van der Waals surface area contributed by atoms with Gasteiger partial charge >= 0.3 is 0 Å². The quantitative estimate of drug-likeness (QED) is 0.555. The average molecular weight is 412 g/mol. The van der Waals surface area contributed by atoms with Crippen LogP contribution in [0, 0.1) is 6.92 Å². The summed E-state index contributed by atoms with van der Waals surface area (Å²) >= 11 is 3.50. The molecule has 2 aromatic heterocycles. The van der Waals surface area contributed by atoms with Gasteiger partial charge in [-0.15, -0.1) is 0 Å². The summed E-state index contributed by atoms with van der Waals surface area (Å²) in [6, 6.07) is 12.3. The van der Waals surface area contributed by atoms with Crippen LogP contribution in [-0.4, -0.2) is 21.0 Å². The van der Waals surface area contributed by atoms with Crippen LogP contribution < -0.4 is 10.6 Å². The number of nitrogens with one attached hydrogen (secondary N) is 2. The Morgan fingerprint density at radius 1 is 1.15 bits per heavy atom. The fourth-order valence-electron chi connectivity index (χ4n) is 2.47. The number of aryl methyl sites for hydroxylation is 1. The number of benzene rings is 1. The number of pyridine rings is 1. The Labute approximate surface area is 162 Å². The van der Waals surface area contributed by atoms with E-state index in [4.69, 9.17) is 0 Å². The second-order valence-electron chi connectivity index (χ2n) is 6.24. The van der Waals surface area contributed by atoms with Crippen molar-refractivity contribution in [2.45, 2.75) is 33.2 Å². The van der Waals surface area contributed by atoms with Gasteiger partial charge in [0.05, 0.1) is 5.69 Å². The van der Waals surface area contributed by atoms with E-state index in [1.807, 2.05) is 36.5 Å². The van der Waals surface area contributed by atoms with Gasteiger partial charge in [0, 0.05) is 40.2 Å². The summed E-state index contributed by atoms with van der Waals surface area (Å²) in [5, 5.41) is 6.77. The van der Waals surface area contributed by atoms with Gasteiger partial charge in [0.2, 0.25) is 5.95 Å². The SMILES string of the molecule is CC[C@@H](C)Nc1nc(Nc2ccc(Br)cc2C)cc(-c2cccnc2)n1. The third kappa shape index (κ3) is 4.58. The second-order valence-corrected chi connectivity index (χ2v) is 7.16. The molecule has 134 valence electrons. The standard InChI is InChI=1S/C20H22BrN5/c1-4-14(3)23-20-25-18(15-6-5-9-22-12-15)11-19(26-20)24-17-8-7-16(21)10-13(17)2/h5-12,14H,4H2,1-3H3,(H2,23,24,25,26)/t14-/m1/s1. The Balaban J connectivity index is 1.98. The molecule has 3 aromatic rings. The first-order chi connectivity index (χ1) is 12.5. The molecule has 3 rings (SSSR count). The van der Waals surface area contributed by atoms with Crippen LogP contribution in [0.25, 0.3) is 11.3 Å². The molecule has 0 unspecified atom stereocenters. The fourth-order valence-corrected chi connectivity index (χ4v) is 2.94. The first kappa shape index (κ1) is 18.3. The summed E-state index contributed by atoms with van der Waals surface area (Å²) in [6.45, 7) is 6.31. The van der Waals surface area contributed by atoms with Crippen molar-refractivity contribution >= 4 is 33.4 Å². The van der Waals surface area contributed by atoms with Crippen LogP contribution in [0.5, 0.6) is 0 Å². The molecule has 0 saturated carbocycles. The molecule has 26 heavy (non-hydrogen) atoms. The zero-order chi connectivity index (χ0) is 18.5. The highest BCUT2D eigenvalue weighted by atomic mass is 79.9. The lowest BCUT2D eigenvalue weighted by Crippen LogP contribution is -2.16. The van der Waals surface area contributed by atoms with Gasteiger partial charge in [0.15, 0.2) is 0 Å². The van der Waals surface area contributed by atoms with E-state index in [-0.39, 0.29) is 0 Å². The number of hydrogen-bond donors (Lipinski definition) is 2. The predicted molar refractivity (Wildman–Crippen MR) is 111 cm³/mol. The highest BCUT2D eigenvalue weighted by Crippen LogP contribution is 2.26. The highest BCUT2D eigenvalue weighted by molar-refractivity contribution is 9.10. The van der Waals surface area contributed by atoms with Gasteiger partial charge in [-0.1, -0.05) is 22.9 Å². The molecule has 0 bridgehead atoms. The van der Waals surface area contributed by atoms with E-state index in [0.29, 0.717) is 12.0 Å². The third-order valence-corrected chi connectivity index (χ3v) is 4.62. The van der Waals surface area contributed by atoms with E-state index in [9.17, 15) is 0 Å². The van der Waals surface area contributed by atoms with Gasteiger partial charge in [0.25, 0.3) is 0 Å². The van der Waals surface area contributed by atoms with Crippen LogP contribution in [0.2, 0.25) is 0 Å². The topological polar surface area (TPSA) is 62.7 Å². The van der Waals surface area contributed by atoms with Crippen molar-refractivity contribution in [3.05, 3.63) is 58.8 Å². The van der Waals surface area contributed by atoms with Gasteiger partial charge in [-0.25, -0.2) is 4.98 Å². The summed E-state index contributed by atoms with van der Waals surface area (Å²) in [5.41, 5.74) is 3.93. The van der Waals surface area contributed by atoms with Crippen molar-refractivity contribution in [1.82, 2.24) is 15.0 Å². The molecule has 1 aromatic carbocycles. The molecule has 0 radical (unpaired) electrons. The number of rotatable bonds is 6. The van der Waals surface area contributed by atoms with Crippen LogP contribution in [0.1, 0.15) is 25.8 Å². The first-order valence-electron chi connectivity index (χ1n) is 8.64. The molecule has 0 spiro atoms. The highest BCUT2D eigenvalue weighted by Gasteiger charge is 2.10. The molecule has 2 heterocycles. The van der Waals surface area contributed by atoms with E-state index in [2.05, 4.69) is 68.4 Å². The predicted octanol–water partition coefficient (Wildman–Crippen LogP) is 5.56. The molecule has 0 amide bonds. The van der Waals surface area contributed by atoms with E-state index in [1.165, 1.54) is 0 Å². The van der Waals surface area contributed by atoms with Crippen LogP contribution in [0.15, 0.2) is 53.3 Å². The Morgan fingerprint density at radius 3 is 2.69 bits per heavy atom. The van der Waals surface area contributed by atoms with Gasteiger partial charge in [-0.2, -0.15) is 4.98 Å². The minimum absolute atomic E-state index is 0.293. The minimum Gasteiger partial charge on any atom is -0.352 e. The molecule has 1 atom stereocenters. The zero-order valence-corrected chi connectivity index (χ0v) is 16.7. The zero-order valence-electron chi connectivity index (χ0n) is 15.1. The number of nitrogens with zero attached hydrogens (tertiary/aromatic N) is 3. The molecular weight excluding hydrogens is 390 g/mol. The fraction of sp³-hybridized carbons (Fsp3) is 0.250. The molecule has 0 fully saturated rings. The third-order valence-electron chi connectivity index (χ3n) is 4.12. The Bertz CT molecular complexity index is 883. The number of halogens is 1. The van der Waals surface area contributed by atoms with Crippen LogP contribution in [0.4, 0.5) is 17.5 Å². The van der Waals surface area contributed by atoms with Crippen molar-refractivity contribution in [2.24, 2.45) is 0 Å². The van der Waals surface area contributed by atoms with Crippen LogP contribution in [0.3, 0.4) is 0 Å². The van der Waals surface area contributed by atoms with Crippen LogP contribution in [-0.2, 0) is 0 Å². The van der Waals surface area contributed by atoms with Crippen LogP contribution >= 0.6 is 15.9 Å². The second kappa shape index (κ2) is 8.27. The lowest BCUT2D eigenvalue weighted by atomic mass is 10.2. The lowest BCUT2D eigenvalue weighted by Gasteiger charge is -2.15. The van der Waals surface area contributed by atoms with Crippen molar-refractivity contribution < 1.29 is 0 Å². The number of hydrogen-bond acceptors (Lipinski definition) is 5. The molecule has 5 nitrogen and oxygen atoms in total. The van der Waals surface area contributed by atoms with Gasteiger partial charge in [0.1, 0.15) is 5.82 Å². The lowest BCUT2D eigenvalue weighted by molar-refractivity contribution is 0.753. The maximum absolute atomic E-state index is 4.66. The summed E-state index contributed by atoms with van der Waals surface area (Å²) in [5.74, 6) is 1.35. The van der Waals surface area contributed by atoms with E-state index < -0.39 is 0 Å². The van der Waals surface area contributed by atoms with Crippen molar-refractivity contribution in [2.75, 3.05) is 10.6 Å². The van der Waals surface area contributed by atoms with Crippen molar-refractivity contribution in [1.29, 1.82) is 0 Å². The molecule has 2 N–H and O–H groups in total. The summed E-state index contributed by atoms with van der Waals surface area (Å²) in [4.78, 5) is 13.5. The molecule has 0 aliphatic carbocycles. The monoisotopic (exact) mass is 411 g/mol. The van der Waals surface area contributed by atoms with E-state index in [1.54, 1.807) is 6.20 Å². The maximum atomic E-state index is 4.66. The molecular formula is C20H22BrN5. The number of aromatic nitrogens is 3. The molecule has 6 heteroatoms. The Kier molecular flexibility index (Phi) is 5.83. The smallest absolute Gasteiger partial charge is 0.225 e. The summed E-state index contributed by atoms with van der Waals surface area (Å²) in [6.07, 6.45) is 4.56. The Hall–Kier alpha value is -2.47. The largest absolute Gasteiger partial charge is 0.352 e. The van der Waals surface area contributed by atoms with Crippen molar-refractivity contribution in [3.8, 4) is 11.3 Å². The summed E-state index contributed by atoms with van der Waals surface area (Å²) in [7, 11) is 0.